The highest BCUT2D eigenvalue weighted by Gasteiger charge is 2.37. The summed E-state index contributed by atoms with van der Waals surface area (Å²) in [7, 11) is 0. The largest absolute Gasteiger partial charge is 0.480 e. The Bertz CT molecular complexity index is 643. The van der Waals surface area contributed by atoms with Crippen LogP contribution in [-0.4, -0.2) is 77.5 Å². The first kappa shape index (κ1) is 24.9. The van der Waals surface area contributed by atoms with Crippen LogP contribution in [0.1, 0.15) is 38.5 Å². The van der Waals surface area contributed by atoms with Gasteiger partial charge in [-0.05, 0) is 38.5 Å². The van der Waals surface area contributed by atoms with E-state index >= 15 is 0 Å². The second-order valence-electron chi connectivity index (χ2n) is 7.16. The summed E-state index contributed by atoms with van der Waals surface area (Å²) in [6.45, 7) is 1.12. The predicted octanol–water partition coefficient (Wildman–Crippen LogP) is -2.60. The quantitative estimate of drug-likeness (QED) is 0.0900. The molecular weight excluding hydrogens is 394 g/mol. The van der Waals surface area contributed by atoms with E-state index in [1.165, 1.54) is 4.90 Å². The molecule has 1 rings (SSSR count). The lowest BCUT2D eigenvalue weighted by atomic mass is 10.1. The van der Waals surface area contributed by atoms with E-state index in [9.17, 15) is 19.5 Å². The lowest BCUT2D eigenvalue weighted by Crippen LogP contribution is -2.54. The molecule has 170 valence electrons. The van der Waals surface area contributed by atoms with E-state index < -0.39 is 30.0 Å². The number of nitrogens with zero attached hydrogens (tertiary/aromatic N) is 1. The van der Waals surface area contributed by atoms with Gasteiger partial charge in [0.25, 0.3) is 0 Å². The van der Waals surface area contributed by atoms with Crippen molar-refractivity contribution >= 4 is 29.7 Å². The Morgan fingerprint density at radius 2 is 1.63 bits per heavy atom. The van der Waals surface area contributed by atoms with E-state index in [-0.39, 0.29) is 24.2 Å². The fourth-order valence-electron chi connectivity index (χ4n) is 3.24. The van der Waals surface area contributed by atoms with Crippen molar-refractivity contribution in [2.75, 3.05) is 19.6 Å². The van der Waals surface area contributed by atoms with Crippen molar-refractivity contribution in [2.24, 2.45) is 17.2 Å². The summed E-state index contributed by atoms with van der Waals surface area (Å²) < 4.78 is 0. The monoisotopic (exact) mass is 427 g/mol. The van der Waals surface area contributed by atoms with Crippen LogP contribution in [0.5, 0.6) is 0 Å². The van der Waals surface area contributed by atoms with Gasteiger partial charge in [0.15, 0.2) is 11.9 Å². The maximum Gasteiger partial charge on any atom is 0.326 e. The first-order valence-corrected chi connectivity index (χ1v) is 9.88. The molecule has 13 heteroatoms. The first-order valence-electron chi connectivity index (χ1n) is 9.88. The molecule has 1 aliphatic rings. The zero-order valence-electron chi connectivity index (χ0n) is 16.9. The lowest BCUT2D eigenvalue weighted by Gasteiger charge is -2.28. The van der Waals surface area contributed by atoms with E-state index in [1.54, 1.807) is 0 Å². The molecule has 0 spiro atoms. The summed E-state index contributed by atoms with van der Waals surface area (Å²) in [6.07, 6.45) is 2.52. The molecule has 30 heavy (non-hydrogen) atoms. The molecule has 0 aliphatic carbocycles. The molecule has 0 saturated carbocycles. The zero-order valence-corrected chi connectivity index (χ0v) is 16.9. The van der Waals surface area contributed by atoms with Gasteiger partial charge in [0.1, 0.15) is 12.1 Å². The zero-order chi connectivity index (χ0) is 22.7. The maximum atomic E-state index is 12.7. The molecule has 0 bridgehead atoms. The average Bonchev–Trinajstić information content (AvgIpc) is 3.16. The number of carbonyl (C=O) groups is 3. The van der Waals surface area contributed by atoms with E-state index in [1.807, 2.05) is 0 Å². The molecule has 1 fully saturated rings. The predicted molar refractivity (Wildman–Crippen MR) is 111 cm³/mol. The molecule has 1 unspecified atom stereocenters. The normalized spacial score (nSPS) is 17.6. The van der Waals surface area contributed by atoms with Crippen molar-refractivity contribution in [3.8, 4) is 0 Å². The van der Waals surface area contributed by atoms with Crippen LogP contribution in [0.15, 0.2) is 0 Å². The molecule has 0 radical (unpaired) electrons. The minimum absolute atomic E-state index is 0.156. The van der Waals surface area contributed by atoms with Crippen molar-refractivity contribution in [1.82, 2.24) is 20.9 Å². The van der Waals surface area contributed by atoms with Crippen LogP contribution < -0.4 is 33.2 Å². The van der Waals surface area contributed by atoms with E-state index in [0.717, 1.165) is 0 Å². The van der Waals surface area contributed by atoms with Gasteiger partial charge in [-0.3, -0.25) is 20.4 Å². The highest BCUT2D eigenvalue weighted by atomic mass is 16.4. The van der Waals surface area contributed by atoms with E-state index in [2.05, 4.69) is 16.0 Å². The summed E-state index contributed by atoms with van der Waals surface area (Å²) in [5.41, 5.74) is 16.3. The highest BCUT2D eigenvalue weighted by molar-refractivity contribution is 5.92. The molecule has 1 aliphatic heterocycles. The van der Waals surface area contributed by atoms with Crippen molar-refractivity contribution < 1.29 is 19.5 Å². The maximum absolute atomic E-state index is 12.7. The molecule has 0 aromatic rings. The Morgan fingerprint density at radius 3 is 2.17 bits per heavy atom. The van der Waals surface area contributed by atoms with Gasteiger partial charge in [0, 0.05) is 19.6 Å². The summed E-state index contributed by atoms with van der Waals surface area (Å²) in [5, 5.41) is 31.2. The third kappa shape index (κ3) is 8.51. The summed E-state index contributed by atoms with van der Waals surface area (Å²) in [5.74, 6) is -2.40. The number of aliphatic carboxylic acids is 1. The highest BCUT2D eigenvalue weighted by Crippen LogP contribution is 2.19. The second-order valence-corrected chi connectivity index (χ2v) is 7.16. The minimum atomic E-state index is -1.17. The topological polar surface area (TPSA) is 237 Å². The van der Waals surface area contributed by atoms with Gasteiger partial charge in [0.2, 0.25) is 11.8 Å². The second kappa shape index (κ2) is 12.5. The molecule has 2 amide bonds. The SMILES string of the molecule is N=C(N)NCCCC(NC(=O)[C@@H]1CCCN1C(=O)[C@@H](N)CCCNC(=N)N)C(=O)O. The minimum Gasteiger partial charge on any atom is -0.480 e. The van der Waals surface area contributed by atoms with Crippen LogP contribution in [0.4, 0.5) is 0 Å². The van der Waals surface area contributed by atoms with Crippen LogP contribution in [0, 0.1) is 10.8 Å². The van der Waals surface area contributed by atoms with Crippen LogP contribution in [0.25, 0.3) is 0 Å². The third-order valence-electron chi connectivity index (χ3n) is 4.76. The number of nitrogens with one attached hydrogen (secondary N) is 5. The standard InChI is InChI=1S/C17H33N9O4/c18-10(4-1-7-23-16(19)20)14(28)26-9-3-6-12(26)13(27)25-11(15(29)30)5-2-8-24-17(21)22/h10-12H,1-9,18H2,(H,25,27)(H,29,30)(H4,19,20,23)(H4,21,22,24)/t10-,11?,12-/m0/s1. The summed E-state index contributed by atoms with van der Waals surface area (Å²) >= 11 is 0. The number of carbonyl (C=O) groups excluding carboxylic acids is 2. The number of nitrogens with two attached hydrogens (primary N) is 3. The summed E-state index contributed by atoms with van der Waals surface area (Å²) in [6, 6.07) is -2.65. The van der Waals surface area contributed by atoms with Crippen LogP contribution in [-0.2, 0) is 14.4 Å². The summed E-state index contributed by atoms with van der Waals surface area (Å²) in [4.78, 5) is 38.2. The molecule has 0 aromatic carbocycles. The average molecular weight is 428 g/mol. The number of carboxylic acid groups (broad SMARTS) is 1. The van der Waals surface area contributed by atoms with Gasteiger partial charge < -0.3 is 43.2 Å². The number of amides is 2. The number of hydrogen-bond donors (Lipinski definition) is 9. The van der Waals surface area contributed by atoms with Crippen molar-refractivity contribution in [1.29, 1.82) is 10.8 Å². The molecule has 1 saturated heterocycles. The van der Waals surface area contributed by atoms with Crippen molar-refractivity contribution in [2.45, 2.75) is 56.7 Å². The van der Waals surface area contributed by atoms with Gasteiger partial charge >= 0.3 is 5.97 Å². The Labute approximate surface area is 175 Å². The molecule has 0 aromatic heterocycles. The van der Waals surface area contributed by atoms with Gasteiger partial charge in [-0.1, -0.05) is 0 Å². The molecule has 12 N–H and O–H groups in total. The molecule has 13 nitrogen and oxygen atoms in total. The van der Waals surface area contributed by atoms with Gasteiger partial charge in [-0.2, -0.15) is 0 Å². The number of hydrogen-bond acceptors (Lipinski definition) is 6. The van der Waals surface area contributed by atoms with Crippen LogP contribution in [0.2, 0.25) is 0 Å². The van der Waals surface area contributed by atoms with E-state index in [4.69, 9.17) is 28.0 Å². The number of likely N-dealkylation sites (tertiary alicyclic amines) is 1. The molecule has 3 atom stereocenters. The van der Waals surface area contributed by atoms with Gasteiger partial charge in [-0.15, -0.1) is 0 Å². The first-order chi connectivity index (χ1) is 14.1. The fourth-order valence-corrected chi connectivity index (χ4v) is 3.24. The fraction of sp³-hybridized carbons (Fsp3) is 0.706. The van der Waals surface area contributed by atoms with Crippen LogP contribution >= 0.6 is 0 Å². The Morgan fingerprint density at radius 1 is 1.07 bits per heavy atom. The Hall–Kier alpha value is -3.09. The Kier molecular flexibility index (Phi) is 10.4. The van der Waals surface area contributed by atoms with Crippen molar-refractivity contribution in [3.63, 3.8) is 0 Å². The van der Waals surface area contributed by atoms with Crippen molar-refractivity contribution in [3.05, 3.63) is 0 Å². The van der Waals surface area contributed by atoms with Gasteiger partial charge in [-0.25, -0.2) is 4.79 Å². The number of guanidine groups is 2. The lowest BCUT2D eigenvalue weighted by molar-refractivity contribution is -0.144. The Balaban J connectivity index is 2.57. The molecular formula is C17H33N9O4. The van der Waals surface area contributed by atoms with Crippen LogP contribution in [0.3, 0.4) is 0 Å². The van der Waals surface area contributed by atoms with E-state index in [0.29, 0.717) is 51.7 Å². The van der Waals surface area contributed by atoms with Gasteiger partial charge in [0.05, 0.1) is 6.04 Å². The smallest absolute Gasteiger partial charge is 0.326 e. The third-order valence-corrected chi connectivity index (χ3v) is 4.76. The molecule has 1 heterocycles. The number of rotatable bonds is 12. The number of carboxylic acids is 1.